The molecule has 0 aliphatic heterocycles. The zero-order valence-corrected chi connectivity index (χ0v) is 11.9. The van der Waals surface area contributed by atoms with Gasteiger partial charge in [-0.05, 0) is 31.3 Å². The maximum Gasteiger partial charge on any atom is 0.200 e. The Balaban J connectivity index is 2.83. The molecule has 0 atom stereocenters. The van der Waals surface area contributed by atoms with Crippen molar-refractivity contribution >= 4 is 23.5 Å². The summed E-state index contributed by atoms with van der Waals surface area (Å²) in [5, 5.41) is 17.1. The van der Waals surface area contributed by atoms with Gasteiger partial charge < -0.3 is 19.9 Å². The first-order valence-corrected chi connectivity index (χ1v) is 6.05. The number of aromatic hydroxyl groups is 1. The molecule has 0 saturated heterocycles. The third-order valence-electron chi connectivity index (χ3n) is 2.22. The summed E-state index contributed by atoms with van der Waals surface area (Å²) in [6.07, 6.45) is 1.55. The van der Waals surface area contributed by atoms with Crippen LogP contribution in [0.1, 0.15) is 12.5 Å². The van der Waals surface area contributed by atoms with Gasteiger partial charge in [0.1, 0.15) is 0 Å². The third-order valence-corrected chi connectivity index (χ3v) is 2.45. The highest BCUT2D eigenvalue weighted by Crippen LogP contribution is 2.36. The monoisotopic (exact) mass is 283 g/mol. The first kappa shape index (κ1) is 15.0. The fraction of sp³-hybridized carbons (Fsp3) is 0.333. The maximum atomic E-state index is 9.76. The van der Waals surface area contributed by atoms with Crippen molar-refractivity contribution in [3.63, 3.8) is 0 Å². The summed E-state index contributed by atoms with van der Waals surface area (Å²) < 4.78 is 10.1. The zero-order valence-electron chi connectivity index (χ0n) is 11.1. The standard InChI is InChI=1S/C12H17N3O3S/c1-4-13-12(19)15-14-7-8-5-9(17-2)11(16)10(6-8)18-3/h5-7,16H,4H2,1-3H3,(H2,13,15,19)/b14-7-. The predicted octanol–water partition coefficient (Wildman–Crippen LogP) is 1.23. The molecule has 6 nitrogen and oxygen atoms in total. The molecule has 0 saturated carbocycles. The second-order valence-electron chi connectivity index (χ2n) is 3.50. The van der Waals surface area contributed by atoms with Crippen LogP contribution < -0.4 is 20.2 Å². The summed E-state index contributed by atoms with van der Waals surface area (Å²) in [6, 6.07) is 3.28. The molecule has 0 aromatic heterocycles. The van der Waals surface area contributed by atoms with E-state index in [9.17, 15) is 5.11 Å². The average Bonchev–Trinajstić information content (AvgIpc) is 2.40. The number of nitrogens with zero attached hydrogens (tertiary/aromatic N) is 1. The van der Waals surface area contributed by atoms with Crippen molar-refractivity contribution in [2.75, 3.05) is 20.8 Å². The molecular weight excluding hydrogens is 266 g/mol. The van der Waals surface area contributed by atoms with Gasteiger partial charge in [0.25, 0.3) is 0 Å². The van der Waals surface area contributed by atoms with E-state index in [-0.39, 0.29) is 5.75 Å². The molecule has 0 unspecified atom stereocenters. The summed E-state index contributed by atoms with van der Waals surface area (Å²) in [4.78, 5) is 0. The number of ether oxygens (including phenoxy) is 2. The molecule has 1 rings (SSSR count). The molecule has 3 N–H and O–H groups in total. The lowest BCUT2D eigenvalue weighted by Crippen LogP contribution is -2.31. The first-order chi connectivity index (χ1) is 9.12. The topological polar surface area (TPSA) is 75.1 Å². The van der Waals surface area contributed by atoms with Gasteiger partial charge in [0, 0.05) is 12.1 Å². The lowest BCUT2D eigenvalue weighted by molar-refractivity contribution is 0.340. The molecule has 19 heavy (non-hydrogen) atoms. The van der Waals surface area contributed by atoms with Crippen molar-refractivity contribution in [2.45, 2.75) is 6.92 Å². The smallest absolute Gasteiger partial charge is 0.200 e. The van der Waals surface area contributed by atoms with Crippen molar-refractivity contribution in [3.8, 4) is 17.2 Å². The van der Waals surface area contributed by atoms with E-state index in [1.165, 1.54) is 14.2 Å². The third kappa shape index (κ3) is 4.29. The SMILES string of the molecule is CCNC(=S)N/N=C\c1cc(OC)c(O)c(OC)c1. The van der Waals surface area contributed by atoms with Crippen LogP contribution in [0.4, 0.5) is 0 Å². The Morgan fingerprint density at radius 1 is 1.37 bits per heavy atom. The average molecular weight is 283 g/mol. The Morgan fingerprint density at radius 3 is 2.42 bits per heavy atom. The Kier molecular flexibility index (Phi) is 5.87. The fourth-order valence-electron chi connectivity index (χ4n) is 1.35. The summed E-state index contributed by atoms with van der Waals surface area (Å²) in [5.41, 5.74) is 3.37. The summed E-state index contributed by atoms with van der Waals surface area (Å²) in [5.74, 6) is 0.586. The molecule has 0 amide bonds. The van der Waals surface area contributed by atoms with Crippen LogP contribution in [-0.4, -0.2) is 37.2 Å². The Hall–Kier alpha value is -2.02. The minimum Gasteiger partial charge on any atom is -0.502 e. The van der Waals surface area contributed by atoms with E-state index in [1.807, 2.05) is 6.92 Å². The number of nitrogens with one attached hydrogen (secondary N) is 2. The molecule has 0 fully saturated rings. The quantitative estimate of drug-likeness (QED) is 0.429. The van der Waals surface area contributed by atoms with Crippen molar-refractivity contribution in [1.29, 1.82) is 0 Å². The van der Waals surface area contributed by atoms with E-state index in [2.05, 4.69) is 15.8 Å². The zero-order chi connectivity index (χ0) is 14.3. The molecule has 1 aromatic rings. The molecular formula is C12H17N3O3S. The highest BCUT2D eigenvalue weighted by Gasteiger charge is 2.10. The number of rotatable bonds is 5. The fourth-order valence-corrected chi connectivity index (χ4v) is 1.55. The van der Waals surface area contributed by atoms with E-state index in [4.69, 9.17) is 21.7 Å². The highest BCUT2D eigenvalue weighted by atomic mass is 32.1. The van der Waals surface area contributed by atoms with Gasteiger partial charge >= 0.3 is 0 Å². The van der Waals surface area contributed by atoms with Crippen LogP contribution in [-0.2, 0) is 0 Å². The second-order valence-corrected chi connectivity index (χ2v) is 3.91. The van der Waals surface area contributed by atoms with Crippen molar-refractivity contribution in [2.24, 2.45) is 5.10 Å². The normalized spacial score (nSPS) is 10.3. The maximum absolute atomic E-state index is 9.76. The molecule has 0 aliphatic carbocycles. The van der Waals surface area contributed by atoms with Gasteiger partial charge in [-0.1, -0.05) is 0 Å². The van der Waals surface area contributed by atoms with Crippen LogP contribution in [0.25, 0.3) is 0 Å². The van der Waals surface area contributed by atoms with Crippen LogP contribution in [0.2, 0.25) is 0 Å². The molecule has 0 bridgehead atoms. The minimum absolute atomic E-state index is 0.0433. The molecule has 1 aromatic carbocycles. The van der Waals surface area contributed by atoms with Gasteiger partial charge in [0.05, 0.1) is 20.4 Å². The second kappa shape index (κ2) is 7.42. The Labute approximate surface area is 117 Å². The van der Waals surface area contributed by atoms with Crippen LogP contribution in [0.5, 0.6) is 17.2 Å². The predicted molar refractivity (Wildman–Crippen MR) is 78.2 cm³/mol. The van der Waals surface area contributed by atoms with Crippen molar-refractivity contribution in [1.82, 2.24) is 10.7 Å². The van der Waals surface area contributed by atoms with Crippen LogP contribution in [0.3, 0.4) is 0 Å². The lowest BCUT2D eigenvalue weighted by Gasteiger charge is -2.09. The Morgan fingerprint density at radius 2 is 1.95 bits per heavy atom. The largest absolute Gasteiger partial charge is 0.502 e. The van der Waals surface area contributed by atoms with Crippen molar-refractivity contribution in [3.05, 3.63) is 17.7 Å². The first-order valence-electron chi connectivity index (χ1n) is 5.64. The number of methoxy groups -OCH3 is 2. The minimum atomic E-state index is -0.0433. The summed E-state index contributed by atoms with van der Waals surface area (Å²) in [7, 11) is 2.93. The Bertz CT molecular complexity index is 452. The van der Waals surface area contributed by atoms with E-state index >= 15 is 0 Å². The van der Waals surface area contributed by atoms with Crippen LogP contribution in [0, 0.1) is 0 Å². The van der Waals surface area contributed by atoms with E-state index < -0.39 is 0 Å². The molecule has 0 radical (unpaired) electrons. The molecule has 0 spiro atoms. The van der Waals surface area contributed by atoms with Gasteiger partial charge in [-0.2, -0.15) is 5.10 Å². The highest BCUT2D eigenvalue weighted by molar-refractivity contribution is 7.80. The number of phenols is 1. The number of thiocarbonyl (C=S) groups is 1. The van der Waals surface area contributed by atoms with E-state index in [0.717, 1.165) is 6.54 Å². The number of hydrazone groups is 1. The molecule has 0 aliphatic rings. The number of benzene rings is 1. The molecule has 7 heteroatoms. The van der Waals surface area contributed by atoms with Crippen molar-refractivity contribution < 1.29 is 14.6 Å². The summed E-state index contributed by atoms with van der Waals surface area (Å²) in [6.45, 7) is 2.66. The van der Waals surface area contributed by atoms with Gasteiger partial charge in [-0.25, -0.2) is 0 Å². The number of phenolic OH excluding ortho intramolecular Hbond substituents is 1. The summed E-state index contributed by atoms with van der Waals surface area (Å²) >= 11 is 4.96. The number of hydrogen-bond donors (Lipinski definition) is 3. The molecule has 104 valence electrons. The lowest BCUT2D eigenvalue weighted by atomic mass is 10.2. The van der Waals surface area contributed by atoms with E-state index in [1.54, 1.807) is 18.3 Å². The molecule has 0 heterocycles. The van der Waals surface area contributed by atoms with Crippen LogP contribution in [0.15, 0.2) is 17.2 Å². The van der Waals surface area contributed by atoms with Crippen LogP contribution >= 0.6 is 12.2 Å². The number of hydrogen-bond acceptors (Lipinski definition) is 5. The van der Waals surface area contributed by atoms with Gasteiger partial charge in [0.2, 0.25) is 5.75 Å². The van der Waals surface area contributed by atoms with Gasteiger partial charge in [-0.15, -0.1) is 0 Å². The van der Waals surface area contributed by atoms with E-state index in [0.29, 0.717) is 22.2 Å². The van der Waals surface area contributed by atoms with Gasteiger partial charge in [-0.3, -0.25) is 5.43 Å². The van der Waals surface area contributed by atoms with Gasteiger partial charge in [0.15, 0.2) is 16.6 Å².